The first-order valence-electron chi connectivity index (χ1n) is 9.29. The lowest BCUT2D eigenvalue weighted by Gasteiger charge is -2.34. The standard InChI is InChI=1S/C20H34Cl2OSi/c1-7-24(8-2,9-3)23-18(14-11-15-20(4,5)6)19-16(21)12-10-13-17(19)22/h10,12-13,18H,7-9,11,14-15H2,1-6H3. The quantitative estimate of drug-likeness (QED) is 0.386. The fourth-order valence-corrected chi connectivity index (χ4v) is 6.68. The zero-order valence-electron chi connectivity index (χ0n) is 16.2. The molecule has 0 heterocycles. The lowest BCUT2D eigenvalue weighted by molar-refractivity contribution is 0.169. The van der Waals surface area contributed by atoms with Crippen molar-refractivity contribution in [3.8, 4) is 0 Å². The van der Waals surface area contributed by atoms with Gasteiger partial charge >= 0.3 is 0 Å². The zero-order valence-corrected chi connectivity index (χ0v) is 18.7. The highest BCUT2D eigenvalue weighted by molar-refractivity contribution is 6.73. The summed E-state index contributed by atoms with van der Waals surface area (Å²) >= 11 is 13.0. The minimum atomic E-state index is -1.72. The largest absolute Gasteiger partial charge is 0.410 e. The summed E-state index contributed by atoms with van der Waals surface area (Å²) in [6, 6.07) is 9.17. The van der Waals surface area contributed by atoms with Crippen LogP contribution in [0.15, 0.2) is 18.2 Å². The van der Waals surface area contributed by atoms with Crippen LogP contribution in [0.5, 0.6) is 0 Å². The van der Waals surface area contributed by atoms with Gasteiger partial charge in [0.25, 0.3) is 0 Å². The van der Waals surface area contributed by atoms with E-state index in [1.54, 1.807) is 0 Å². The molecule has 0 aromatic heterocycles. The van der Waals surface area contributed by atoms with E-state index in [4.69, 9.17) is 27.6 Å². The molecule has 0 saturated heterocycles. The molecule has 0 N–H and O–H groups in total. The average Bonchev–Trinajstić information content (AvgIpc) is 2.51. The Morgan fingerprint density at radius 2 is 1.50 bits per heavy atom. The molecule has 4 heteroatoms. The maximum Gasteiger partial charge on any atom is 0.192 e. The van der Waals surface area contributed by atoms with E-state index in [1.807, 2.05) is 18.2 Å². The van der Waals surface area contributed by atoms with E-state index in [0.29, 0.717) is 5.41 Å². The second-order valence-corrected chi connectivity index (χ2v) is 13.5. The molecule has 1 nitrogen and oxygen atoms in total. The van der Waals surface area contributed by atoms with Crippen LogP contribution in [0, 0.1) is 5.41 Å². The molecule has 1 unspecified atom stereocenters. The van der Waals surface area contributed by atoms with Gasteiger partial charge in [-0.15, -0.1) is 0 Å². The first kappa shape index (κ1) is 22.0. The van der Waals surface area contributed by atoms with Crippen molar-refractivity contribution < 1.29 is 4.43 Å². The molecule has 1 aromatic rings. The van der Waals surface area contributed by atoms with Gasteiger partial charge in [-0.25, -0.2) is 0 Å². The fourth-order valence-electron chi connectivity index (χ4n) is 3.20. The van der Waals surface area contributed by atoms with Crippen molar-refractivity contribution in [1.29, 1.82) is 0 Å². The van der Waals surface area contributed by atoms with Gasteiger partial charge in [0.2, 0.25) is 0 Å². The van der Waals surface area contributed by atoms with Crippen LogP contribution >= 0.6 is 23.2 Å². The van der Waals surface area contributed by atoms with Crippen LogP contribution in [0.2, 0.25) is 28.2 Å². The molecule has 0 aliphatic heterocycles. The second-order valence-electron chi connectivity index (χ2n) is 7.94. The van der Waals surface area contributed by atoms with E-state index in [9.17, 15) is 0 Å². The first-order chi connectivity index (χ1) is 11.2. The Bertz CT molecular complexity index is 478. The SMILES string of the molecule is CC[Si](CC)(CC)OC(CCCC(C)(C)C)c1c(Cl)cccc1Cl. The second kappa shape index (κ2) is 9.61. The molecular weight excluding hydrogens is 355 g/mol. The molecule has 0 aliphatic rings. The third-order valence-corrected chi connectivity index (χ3v) is 10.3. The molecule has 138 valence electrons. The van der Waals surface area contributed by atoms with Crippen LogP contribution in [-0.2, 0) is 4.43 Å². The highest BCUT2D eigenvalue weighted by atomic mass is 35.5. The van der Waals surface area contributed by atoms with Gasteiger partial charge in [-0.05, 0) is 48.5 Å². The molecular formula is C20H34Cl2OSi. The maximum absolute atomic E-state index is 6.82. The number of hydrogen-bond donors (Lipinski definition) is 0. The van der Waals surface area contributed by atoms with Crippen LogP contribution in [-0.4, -0.2) is 8.32 Å². The van der Waals surface area contributed by atoms with Gasteiger partial charge in [0, 0.05) is 15.6 Å². The van der Waals surface area contributed by atoms with E-state index in [-0.39, 0.29) is 6.10 Å². The molecule has 0 fully saturated rings. The number of halogens is 2. The van der Waals surface area contributed by atoms with Gasteiger partial charge in [-0.2, -0.15) is 0 Å². The summed E-state index contributed by atoms with van der Waals surface area (Å²) < 4.78 is 6.82. The summed E-state index contributed by atoms with van der Waals surface area (Å²) in [4.78, 5) is 0. The number of rotatable bonds is 9. The Balaban J connectivity index is 3.07. The highest BCUT2D eigenvalue weighted by Gasteiger charge is 2.33. The first-order valence-corrected chi connectivity index (χ1v) is 12.6. The van der Waals surface area contributed by atoms with Gasteiger partial charge in [0.1, 0.15) is 0 Å². The molecule has 24 heavy (non-hydrogen) atoms. The van der Waals surface area contributed by atoms with Crippen LogP contribution in [0.4, 0.5) is 0 Å². The van der Waals surface area contributed by atoms with Gasteiger partial charge in [0.15, 0.2) is 8.32 Å². The summed E-state index contributed by atoms with van der Waals surface area (Å²) in [6.07, 6.45) is 3.29. The van der Waals surface area contributed by atoms with Crippen molar-refractivity contribution >= 4 is 31.5 Å². The lowest BCUT2D eigenvalue weighted by Crippen LogP contribution is -2.37. The highest BCUT2D eigenvalue weighted by Crippen LogP contribution is 2.40. The van der Waals surface area contributed by atoms with E-state index < -0.39 is 8.32 Å². The van der Waals surface area contributed by atoms with Crippen molar-refractivity contribution in [2.45, 2.75) is 85.0 Å². The monoisotopic (exact) mass is 388 g/mol. The Morgan fingerprint density at radius 1 is 1.00 bits per heavy atom. The van der Waals surface area contributed by atoms with Crippen LogP contribution < -0.4 is 0 Å². The molecule has 1 atom stereocenters. The Morgan fingerprint density at radius 3 is 1.92 bits per heavy atom. The van der Waals surface area contributed by atoms with E-state index in [1.165, 1.54) is 6.42 Å². The number of benzene rings is 1. The van der Waals surface area contributed by atoms with Gasteiger partial charge in [0.05, 0.1) is 6.10 Å². The zero-order chi connectivity index (χ0) is 18.4. The molecule has 1 aromatic carbocycles. The van der Waals surface area contributed by atoms with Crippen LogP contribution in [0.1, 0.15) is 72.5 Å². The maximum atomic E-state index is 6.82. The smallest absolute Gasteiger partial charge is 0.192 e. The summed E-state index contributed by atoms with van der Waals surface area (Å²) in [7, 11) is -1.72. The van der Waals surface area contributed by atoms with Gasteiger partial charge in [-0.1, -0.05) is 77.2 Å². The molecule has 0 radical (unpaired) electrons. The van der Waals surface area contributed by atoms with Gasteiger partial charge in [-0.3, -0.25) is 0 Å². The van der Waals surface area contributed by atoms with Gasteiger partial charge < -0.3 is 4.43 Å². The summed E-state index contributed by atoms with van der Waals surface area (Å²) in [5.41, 5.74) is 1.32. The van der Waals surface area contributed by atoms with Crippen molar-refractivity contribution in [3.63, 3.8) is 0 Å². The molecule has 0 bridgehead atoms. The average molecular weight is 389 g/mol. The third-order valence-electron chi connectivity index (χ3n) is 5.04. The van der Waals surface area contributed by atoms with E-state index >= 15 is 0 Å². The predicted octanol–water partition coefficient (Wildman–Crippen LogP) is 8.27. The van der Waals surface area contributed by atoms with Crippen LogP contribution in [0.25, 0.3) is 0 Å². The Kier molecular flexibility index (Phi) is 8.82. The number of hydrogen-bond acceptors (Lipinski definition) is 1. The van der Waals surface area contributed by atoms with Crippen LogP contribution in [0.3, 0.4) is 0 Å². The minimum absolute atomic E-state index is 0.0140. The molecule has 0 aliphatic carbocycles. The van der Waals surface area contributed by atoms with Crippen molar-refractivity contribution in [1.82, 2.24) is 0 Å². The molecule has 1 rings (SSSR count). The molecule has 0 spiro atoms. The normalized spacial score (nSPS) is 14.0. The topological polar surface area (TPSA) is 9.23 Å². The lowest BCUT2D eigenvalue weighted by atomic mass is 9.88. The summed E-state index contributed by atoms with van der Waals surface area (Å²) in [6.45, 7) is 13.6. The minimum Gasteiger partial charge on any atom is -0.410 e. The third kappa shape index (κ3) is 6.37. The van der Waals surface area contributed by atoms with E-state index in [0.717, 1.165) is 46.6 Å². The Labute approximate surface area is 160 Å². The summed E-state index contributed by atoms with van der Waals surface area (Å²) in [5, 5.41) is 1.46. The molecule has 0 amide bonds. The van der Waals surface area contributed by atoms with Crippen molar-refractivity contribution in [2.75, 3.05) is 0 Å². The molecule has 0 saturated carbocycles. The summed E-state index contributed by atoms with van der Waals surface area (Å²) in [5.74, 6) is 0. The van der Waals surface area contributed by atoms with E-state index in [2.05, 4.69) is 41.5 Å². The van der Waals surface area contributed by atoms with Crippen molar-refractivity contribution in [3.05, 3.63) is 33.8 Å². The fraction of sp³-hybridized carbons (Fsp3) is 0.700. The Hall–Kier alpha value is -0.0231. The predicted molar refractivity (Wildman–Crippen MR) is 111 cm³/mol. The van der Waals surface area contributed by atoms with Crippen molar-refractivity contribution in [2.24, 2.45) is 5.41 Å².